The summed E-state index contributed by atoms with van der Waals surface area (Å²) in [6.07, 6.45) is 6.81. The summed E-state index contributed by atoms with van der Waals surface area (Å²) >= 11 is 0. The lowest BCUT2D eigenvalue weighted by atomic mass is 9.80. The van der Waals surface area contributed by atoms with E-state index in [1.165, 1.54) is 88.0 Å². The van der Waals surface area contributed by atoms with Crippen LogP contribution in [0.4, 0.5) is 0 Å². The molecular weight excluding hydrogens is 553 g/mol. The molecule has 0 unspecified atom stereocenters. The zero-order valence-electron chi connectivity index (χ0n) is 25.6. The molecule has 0 N–H and O–H groups in total. The van der Waals surface area contributed by atoms with Crippen LogP contribution in [0.25, 0.3) is 82.9 Å². The van der Waals surface area contributed by atoms with Crippen molar-refractivity contribution in [2.24, 2.45) is 0 Å². The van der Waals surface area contributed by atoms with Crippen molar-refractivity contribution in [3.8, 4) is 44.5 Å². The van der Waals surface area contributed by atoms with Crippen molar-refractivity contribution in [1.29, 1.82) is 0 Å². The van der Waals surface area contributed by atoms with E-state index in [1.807, 2.05) is 0 Å². The number of allylic oxidation sites excluding steroid dienone is 1. The summed E-state index contributed by atoms with van der Waals surface area (Å²) in [4.78, 5) is 0. The van der Waals surface area contributed by atoms with Crippen LogP contribution < -0.4 is 0 Å². The third kappa shape index (κ3) is 4.37. The Hall–Kier alpha value is -5.72. The van der Waals surface area contributed by atoms with Gasteiger partial charge in [-0.1, -0.05) is 164 Å². The lowest BCUT2D eigenvalue weighted by Crippen LogP contribution is -2.02. The van der Waals surface area contributed by atoms with Gasteiger partial charge >= 0.3 is 0 Å². The molecule has 9 rings (SSSR count). The monoisotopic (exact) mass is 584 g/mol. The zero-order valence-corrected chi connectivity index (χ0v) is 25.6. The van der Waals surface area contributed by atoms with Crippen molar-refractivity contribution in [2.45, 2.75) is 12.8 Å². The zero-order chi connectivity index (χ0) is 30.5. The summed E-state index contributed by atoms with van der Waals surface area (Å²) in [7, 11) is 0. The second kappa shape index (κ2) is 11.0. The molecule has 8 aromatic rings. The van der Waals surface area contributed by atoms with Crippen LogP contribution in [-0.4, -0.2) is 0 Å². The van der Waals surface area contributed by atoms with E-state index in [0.29, 0.717) is 0 Å². The fourth-order valence-electron chi connectivity index (χ4n) is 7.60. The summed E-state index contributed by atoms with van der Waals surface area (Å²) in [6, 6.07) is 58.0. The minimum Gasteiger partial charge on any atom is -0.0836 e. The number of hydrogen-bond acceptors (Lipinski definition) is 0. The predicted octanol–water partition coefficient (Wildman–Crippen LogP) is 12.8. The lowest BCUT2D eigenvalue weighted by molar-refractivity contribution is 0.991. The summed E-state index contributed by atoms with van der Waals surface area (Å²) in [5.74, 6) is 0. The Labute approximate surface area is 269 Å². The number of hydrogen-bond donors (Lipinski definition) is 0. The van der Waals surface area contributed by atoms with Gasteiger partial charge in [0, 0.05) is 0 Å². The number of benzene rings is 8. The molecule has 0 spiro atoms. The molecule has 0 radical (unpaired) electrons. The normalized spacial score (nSPS) is 12.5. The van der Waals surface area contributed by atoms with E-state index in [9.17, 15) is 0 Å². The highest BCUT2D eigenvalue weighted by Crippen LogP contribution is 2.45. The molecule has 1 aliphatic carbocycles. The van der Waals surface area contributed by atoms with Crippen LogP contribution in [0.3, 0.4) is 0 Å². The Morgan fingerprint density at radius 1 is 0.370 bits per heavy atom. The molecule has 1 aliphatic rings. The predicted molar refractivity (Wildman–Crippen MR) is 198 cm³/mol. The van der Waals surface area contributed by atoms with Gasteiger partial charge < -0.3 is 0 Å². The van der Waals surface area contributed by atoms with E-state index in [-0.39, 0.29) is 0 Å². The van der Waals surface area contributed by atoms with Crippen LogP contribution in [0.1, 0.15) is 17.5 Å². The average molecular weight is 585 g/mol. The van der Waals surface area contributed by atoms with Crippen LogP contribution in [-0.2, 0) is 6.42 Å². The molecule has 0 saturated carbocycles. The smallest absolute Gasteiger partial charge is 0.00297 e. The fourth-order valence-corrected chi connectivity index (χ4v) is 7.60. The molecule has 0 amide bonds. The molecule has 0 saturated heterocycles. The minimum absolute atomic E-state index is 1.04. The molecule has 0 nitrogen and oxygen atoms in total. The van der Waals surface area contributed by atoms with Crippen molar-refractivity contribution in [3.05, 3.63) is 175 Å². The Bertz CT molecular complexity index is 2430. The van der Waals surface area contributed by atoms with Gasteiger partial charge in [0.15, 0.2) is 0 Å². The third-order valence-electron chi connectivity index (χ3n) is 9.74. The Morgan fingerprint density at radius 3 is 1.63 bits per heavy atom. The molecular formula is C46H32. The molecule has 0 bridgehead atoms. The molecule has 0 aromatic heterocycles. The van der Waals surface area contributed by atoms with Gasteiger partial charge in [-0.2, -0.15) is 0 Å². The first kappa shape index (κ1) is 26.7. The Kier molecular flexibility index (Phi) is 6.39. The Balaban J connectivity index is 1.20. The maximum absolute atomic E-state index is 2.37. The van der Waals surface area contributed by atoms with E-state index in [2.05, 4.69) is 170 Å². The lowest BCUT2D eigenvalue weighted by Gasteiger charge is -2.24. The van der Waals surface area contributed by atoms with E-state index < -0.39 is 0 Å². The van der Waals surface area contributed by atoms with Gasteiger partial charge in [-0.05, 0) is 107 Å². The maximum atomic E-state index is 2.37. The first-order valence-corrected chi connectivity index (χ1v) is 16.2. The molecule has 0 heteroatoms. The van der Waals surface area contributed by atoms with E-state index in [1.54, 1.807) is 0 Å². The SMILES string of the molecule is C1=Cc2c(c(-c3ccc(-c4cc5ccccc5c5ccccc45)cc3)c3ccccc3c2-c2ccc(-c3ccccc3)cc2)CC1. The molecule has 0 fully saturated rings. The second-order valence-electron chi connectivity index (χ2n) is 12.3. The molecule has 46 heavy (non-hydrogen) atoms. The first-order chi connectivity index (χ1) is 22.8. The number of rotatable bonds is 4. The van der Waals surface area contributed by atoms with Crippen molar-refractivity contribution < 1.29 is 0 Å². The van der Waals surface area contributed by atoms with Gasteiger partial charge in [-0.25, -0.2) is 0 Å². The van der Waals surface area contributed by atoms with Crippen molar-refractivity contribution in [2.75, 3.05) is 0 Å². The molecule has 8 aromatic carbocycles. The number of fused-ring (bicyclic) bond motifs is 5. The highest BCUT2D eigenvalue weighted by molar-refractivity contribution is 6.14. The van der Waals surface area contributed by atoms with Gasteiger partial charge in [0.2, 0.25) is 0 Å². The quantitative estimate of drug-likeness (QED) is 0.181. The van der Waals surface area contributed by atoms with Crippen LogP contribution in [0, 0.1) is 0 Å². The largest absolute Gasteiger partial charge is 0.0836 e. The summed E-state index contributed by atoms with van der Waals surface area (Å²) < 4.78 is 0. The second-order valence-corrected chi connectivity index (χ2v) is 12.3. The van der Waals surface area contributed by atoms with E-state index >= 15 is 0 Å². The van der Waals surface area contributed by atoms with Crippen molar-refractivity contribution in [3.63, 3.8) is 0 Å². The van der Waals surface area contributed by atoms with E-state index in [4.69, 9.17) is 0 Å². The van der Waals surface area contributed by atoms with Crippen LogP contribution in [0.2, 0.25) is 0 Å². The van der Waals surface area contributed by atoms with E-state index in [0.717, 1.165) is 12.8 Å². The standard InChI is InChI=1S/C46H32/c1-2-12-31(13-3-1)32-22-26-34(27-23-32)45-40-18-8-10-20-42(40)46(43-21-11-9-19-41(43)45)35-28-24-33(25-29-35)44-30-36-14-4-5-15-37(36)38-16-6-7-17-39(38)44/h1-10,12-20,22-30H,11,21H2. The summed E-state index contributed by atoms with van der Waals surface area (Å²) in [6.45, 7) is 0. The topological polar surface area (TPSA) is 0 Å². The van der Waals surface area contributed by atoms with Crippen LogP contribution in [0.5, 0.6) is 0 Å². The molecule has 0 heterocycles. The third-order valence-corrected chi connectivity index (χ3v) is 9.74. The molecule has 0 atom stereocenters. The van der Waals surface area contributed by atoms with Crippen LogP contribution in [0.15, 0.2) is 164 Å². The van der Waals surface area contributed by atoms with Gasteiger partial charge in [0.1, 0.15) is 0 Å². The molecule has 216 valence electrons. The highest BCUT2D eigenvalue weighted by atomic mass is 14.2. The van der Waals surface area contributed by atoms with Gasteiger partial charge in [-0.3, -0.25) is 0 Å². The highest BCUT2D eigenvalue weighted by Gasteiger charge is 2.21. The van der Waals surface area contributed by atoms with Crippen LogP contribution >= 0.6 is 0 Å². The minimum atomic E-state index is 1.04. The van der Waals surface area contributed by atoms with Gasteiger partial charge in [-0.15, -0.1) is 0 Å². The van der Waals surface area contributed by atoms with Crippen molar-refractivity contribution >= 4 is 38.4 Å². The summed E-state index contributed by atoms with van der Waals surface area (Å²) in [5.41, 5.74) is 13.1. The van der Waals surface area contributed by atoms with Gasteiger partial charge in [0.05, 0.1) is 0 Å². The average Bonchev–Trinajstić information content (AvgIpc) is 3.14. The van der Waals surface area contributed by atoms with Crippen molar-refractivity contribution in [1.82, 2.24) is 0 Å². The van der Waals surface area contributed by atoms with Gasteiger partial charge in [0.25, 0.3) is 0 Å². The Morgan fingerprint density at radius 2 is 0.891 bits per heavy atom. The first-order valence-electron chi connectivity index (χ1n) is 16.2. The maximum Gasteiger partial charge on any atom is -0.00297 e. The summed E-state index contributed by atoms with van der Waals surface area (Å²) in [5, 5.41) is 7.81. The fraction of sp³-hybridized carbons (Fsp3) is 0.0435. The molecule has 0 aliphatic heterocycles.